The first-order valence-corrected chi connectivity index (χ1v) is 7.86. The van der Waals surface area contributed by atoms with Gasteiger partial charge in [-0.15, -0.1) is 11.8 Å². The molecule has 1 aromatic rings. The van der Waals surface area contributed by atoms with E-state index in [1.807, 2.05) is 37.9 Å². The average molecular weight is 294 g/mol. The Morgan fingerprint density at radius 1 is 1.55 bits per heavy atom. The topological polar surface area (TPSA) is 41.6 Å². The van der Waals surface area contributed by atoms with Gasteiger partial charge in [0.05, 0.1) is 18.7 Å². The Kier molecular flexibility index (Phi) is 5.31. The third-order valence-corrected chi connectivity index (χ3v) is 4.77. The van der Waals surface area contributed by atoms with E-state index in [-0.39, 0.29) is 18.1 Å². The van der Waals surface area contributed by atoms with Crippen molar-refractivity contribution in [2.24, 2.45) is 0 Å². The van der Waals surface area contributed by atoms with Gasteiger partial charge in [-0.1, -0.05) is 18.2 Å². The summed E-state index contributed by atoms with van der Waals surface area (Å²) in [5.41, 5.74) is 1.23. The number of fused-ring (bicyclic) bond motifs is 1. The number of benzene rings is 1. The first kappa shape index (κ1) is 15.2. The molecule has 2 unspecified atom stereocenters. The predicted octanol–water partition coefficient (Wildman–Crippen LogP) is 2.90. The van der Waals surface area contributed by atoms with E-state index < -0.39 is 0 Å². The molecular formula is C15H22N2O2S. The van der Waals surface area contributed by atoms with Crippen LogP contribution >= 0.6 is 11.8 Å². The largest absolute Gasteiger partial charge is 0.383 e. The Hall–Kier alpha value is -1.20. The van der Waals surface area contributed by atoms with Gasteiger partial charge in [-0.05, 0) is 25.0 Å². The summed E-state index contributed by atoms with van der Waals surface area (Å²) in [5, 5.41) is 3.13. The van der Waals surface area contributed by atoms with Gasteiger partial charge in [-0.3, -0.25) is 0 Å². The summed E-state index contributed by atoms with van der Waals surface area (Å²) in [7, 11) is 3.46. The number of carbonyl (C=O) groups excluding carboxylic acids is 1. The standard InChI is InChI=1S/C15H22N2O2S/c1-11(10-19-3)17(2)15(18)16-13-8-9-20-14-7-5-4-6-12(13)14/h4-7,11,13H,8-10H2,1-3H3,(H,16,18). The highest BCUT2D eigenvalue weighted by Crippen LogP contribution is 2.35. The summed E-state index contributed by atoms with van der Waals surface area (Å²) in [6, 6.07) is 8.43. The highest BCUT2D eigenvalue weighted by atomic mass is 32.2. The zero-order valence-corrected chi connectivity index (χ0v) is 13.1. The van der Waals surface area contributed by atoms with E-state index in [4.69, 9.17) is 4.74 Å². The van der Waals surface area contributed by atoms with Crippen LogP contribution in [0.1, 0.15) is 24.9 Å². The van der Waals surface area contributed by atoms with Gasteiger partial charge in [0.2, 0.25) is 0 Å². The molecule has 0 bridgehead atoms. The lowest BCUT2D eigenvalue weighted by Crippen LogP contribution is -2.45. The third kappa shape index (κ3) is 3.46. The Bertz CT molecular complexity index is 467. The van der Waals surface area contributed by atoms with Crippen molar-refractivity contribution in [2.45, 2.75) is 30.3 Å². The number of urea groups is 1. The van der Waals surface area contributed by atoms with Crippen LogP contribution in [-0.2, 0) is 4.74 Å². The molecule has 1 aromatic carbocycles. The highest BCUT2D eigenvalue weighted by Gasteiger charge is 2.24. The fraction of sp³-hybridized carbons (Fsp3) is 0.533. The number of thioether (sulfide) groups is 1. The van der Waals surface area contributed by atoms with Gasteiger partial charge >= 0.3 is 6.03 Å². The summed E-state index contributed by atoms with van der Waals surface area (Å²) >= 11 is 1.86. The average Bonchev–Trinajstić information content (AvgIpc) is 2.47. The molecule has 2 amide bonds. The molecule has 1 heterocycles. The number of carbonyl (C=O) groups is 1. The van der Waals surface area contributed by atoms with Crippen LogP contribution in [0.4, 0.5) is 4.79 Å². The maximum atomic E-state index is 12.3. The van der Waals surface area contributed by atoms with E-state index in [0.29, 0.717) is 6.61 Å². The third-order valence-electron chi connectivity index (χ3n) is 3.65. The molecule has 0 aliphatic carbocycles. The van der Waals surface area contributed by atoms with E-state index in [9.17, 15) is 4.79 Å². The van der Waals surface area contributed by atoms with Crippen LogP contribution < -0.4 is 5.32 Å². The van der Waals surface area contributed by atoms with Crippen LogP contribution in [0, 0.1) is 0 Å². The smallest absolute Gasteiger partial charge is 0.317 e. The number of methoxy groups -OCH3 is 1. The lowest BCUT2D eigenvalue weighted by atomic mass is 10.0. The molecule has 0 fully saturated rings. The van der Waals surface area contributed by atoms with E-state index in [1.54, 1.807) is 12.0 Å². The fourth-order valence-corrected chi connectivity index (χ4v) is 3.42. The SMILES string of the molecule is COCC(C)N(C)C(=O)NC1CCSc2ccccc21. The van der Waals surface area contributed by atoms with Crippen molar-refractivity contribution in [3.8, 4) is 0 Å². The predicted molar refractivity (Wildman–Crippen MR) is 82.2 cm³/mol. The molecule has 4 nitrogen and oxygen atoms in total. The fourth-order valence-electron chi connectivity index (χ4n) is 2.30. The molecule has 0 radical (unpaired) electrons. The Morgan fingerprint density at radius 3 is 3.05 bits per heavy atom. The number of ether oxygens (including phenoxy) is 1. The van der Waals surface area contributed by atoms with Crippen molar-refractivity contribution in [3.05, 3.63) is 29.8 Å². The van der Waals surface area contributed by atoms with Gasteiger partial charge in [0.15, 0.2) is 0 Å². The molecule has 20 heavy (non-hydrogen) atoms. The first-order chi connectivity index (χ1) is 9.63. The van der Waals surface area contributed by atoms with Gasteiger partial charge in [0.1, 0.15) is 0 Å². The van der Waals surface area contributed by atoms with Crippen molar-refractivity contribution in [3.63, 3.8) is 0 Å². The Labute approximate surface area is 124 Å². The quantitative estimate of drug-likeness (QED) is 0.928. The molecule has 0 aromatic heterocycles. The molecule has 2 rings (SSSR count). The molecule has 1 N–H and O–H groups in total. The maximum absolute atomic E-state index is 12.3. The van der Waals surface area contributed by atoms with Crippen LogP contribution in [0.25, 0.3) is 0 Å². The number of nitrogens with zero attached hydrogens (tertiary/aromatic N) is 1. The minimum absolute atomic E-state index is 0.0405. The molecule has 110 valence electrons. The summed E-state index contributed by atoms with van der Waals surface area (Å²) in [4.78, 5) is 15.3. The van der Waals surface area contributed by atoms with Crippen LogP contribution in [0.2, 0.25) is 0 Å². The van der Waals surface area contributed by atoms with Crippen molar-refractivity contribution in [1.29, 1.82) is 0 Å². The summed E-state index contributed by atoms with van der Waals surface area (Å²) in [6.45, 7) is 2.52. The number of nitrogens with one attached hydrogen (secondary N) is 1. The summed E-state index contributed by atoms with van der Waals surface area (Å²) in [5.74, 6) is 1.04. The van der Waals surface area contributed by atoms with E-state index in [2.05, 4.69) is 17.4 Å². The van der Waals surface area contributed by atoms with Crippen LogP contribution in [0.15, 0.2) is 29.2 Å². The van der Waals surface area contributed by atoms with Gasteiger partial charge in [-0.2, -0.15) is 0 Å². The number of hydrogen-bond acceptors (Lipinski definition) is 3. The Morgan fingerprint density at radius 2 is 2.30 bits per heavy atom. The van der Waals surface area contributed by atoms with Gasteiger partial charge in [0.25, 0.3) is 0 Å². The highest BCUT2D eigenvalue weighted by molar-refractivity contribution is 7.99. The number of hydrogen-bond donors (Lipinski definition) is 1. The van der Waals surface area contributed by atoms with E-state index in [1.165, 1.54) is 10.5 Å². The minimum Gasteiger partial charge on any atom is -0.383 e. The summed E-state index contributed by atoms with van der Waals surface area (Å²) in [6.07, 6.45) is 0.972. The molecule has 5 heteroatoms. The van der Waals surface area contributed by atoms with Crippen LogP contribution in [0.5, 0.6) is 0 Å². The zero-order valence-electron chi connectivity index (χ0n) is 12.3. The molecule has 0 saturated carbocycles. The molecule has 1 aliphatic heterocycles. The number of amides is 2. The van der Waals surface area contributed by atoms with E-state index in [0.717, 1.165) is 12.2 Å². The second kappa shape index (κ2) is 6.99. The molecule has 0 saturated heterocycles. The molecular weight excluding hydrogens is 272 g/mol. The number of rotatable bonds is 4. The number of likely N-dealkylation sites (N-methyl/N-ethyl adjacent to an activating group) is 1. The lowest BCUT2D eigenvalue weighted by Gasteiger charge is -2.30. The minimum atomic E-state index is -0.0405. The van der Waals surface area contributed by atoms with Crippen LogP contribution in [-0.4, -0.2) is 43.5 Å². The zero-order chi connectivity index (χ0) is 14.5. The van der Waals surface area contributed by atoms with E-state index >= 15 is 0 Å². The molecule has 2 atom stereocenters. The monoisotopic (exact) mass is 294 g/mol. The second-order valence-corrected chi connectivity index (χ2v) is 6.23. The van der Waals surface area contributed by atoms with Crippen molar-refractivity contribution in [2.75, 3.05) is 26.5 Å². The van der Waals surface area contributed by atoms with Gasteiger partial charge < -0.3 is 15.0 Å². The van der Waals surface area contributed by atoms with Crippen molar-refractivity contribution < 1.29 is 9.53 Å². The second-order valence-electron chi connectivity index (χ2n) is 5.09. The van der Waals surface area contributed by atoms with Crippen LogP contribution in [0.3, 0.4) is 0 Å². The maximum Gasteiger partial charge on any atom is 0.317 e. The molecule has 0 spiro atoms. The molecule has 1 aliphatic rings. The first-order valence-electron chi connectivity index (χ1n) is 6.87. The van der Waals surface area contributed by atoms with Crippen molar-refractivity contribution in [1.82, 2.24) is 10.2 Å². The Balaban J connectivity index is 2.02. The van der Waals surface area contributed by atoms with Gasteiger partial charge in [-0.25, -0.2) is 4.79 Å². The van der Waals surface area contributed by atoms with Crippen molar-refractivity contribution >= 4 is 17.8 Å². The summed E-state index contributed by atoms with van der Waals surface area (Å²) < 4.78 is 5.10. The normalized spacial score (nSPS) is 19.1. The lowest BCUT2D eigenvalue weighted by molar-refractivity contribution is 0.122. The van der Waals surface area contributed by atoms with Gasteiger partial charge in [0, 0.05) is 24.8 Å².